The van der Waals surface area contributed by atoms with Gasteiger partial charge in [-0.25, -0.2) is 0 Å². The normalized spacial score (nSPS) is 12.1. The molecule has 2 nitrogen and oxygen atoms in total. The summed E-state index contributed by atoms with van der Waals surface area (Å²) >= 11 is 1.86. The Balaban J connectivity index is 1.36. The SMILES string of the molecule is c1ccc(-c2oc3ccc4oc5ccccc5c4c3c2-c2c3ccccc3c(-c3cccc4sc5ccccc5c34)c3ccccc23)cc1. The van der Waals surface area contributed by atoms with Gasteiger partial charge in [0, 0.05) is 53.0 Å². The lowest BCUT2D eigenvalue weighted by atomic mass is 9.83. The smallest absolute Gasteiger partial charge is 0.143 e. The van der Waals surface area contributed by atoms with E-state index in [0.29, 0.717) is 0 Å². The summed E-state index contributed by atoms with van der Waals surface area (Å²) in [7, 11) is 0. The van der Waals surface area contributed by atoms with Crippen molar-refractivity contribution in [3.8, 4) is 33.6 Å². The first kappa shape index (κ1) is 26.9. The largest absolute Gasteiger partial charge is 0.456 e. The summed E-state index contributed by atoms with van der Waals surface area (Å²) in [5, 5.41) is 10.7. The number of hydrogen-bond donors (Lipinski definition) is 0. The van der Waals surface area contributed by atoms with E-state index < -0.39 is 0 Å². The minimum absolute atomic E-state index is 0.847. The molecule has 0 atom stereocenters. The Kier molecular flexibility index (Phi) is 5.57. The molecule has 0 radical (unpaired) electrons. The Labute approximate surface area is 285 Å². The first-order valence-electron chi connectivity index (χ1n) is 16.6. The number of furan rings is 2. The zero-order valence-electron chi connectivity index (χ0n) is 26.2. The van der Waals surface area contributed by atoms with E-state index in [-0.39, 0.29) is 0 Å². The van der Waals surface area contributed by atoms with Gasteiger partial charge in [-0.15, -0.1) is 11.3 Å². The van der Waals surface area contributed by atoms with Gasteiger partial charge < -0.3 is 8.83 Å². The molecule has 0 spiro atoms. The van der Waals surface area contributed by atoms with Crippen LogP contribution in [0.2, 0.25) is 0 Å². The van der Waals surface area contributed by atoms with E-state index in [4.69, 9.17) is 8.83 Å². The predicted octanol–water partition coefficient (Wildman–Crippen LogP) is 14.0. The number of thiophene rings is 1. The molecule has 0 aliphatic rings. The van der Waals surface area contributed by atoms with Gasteiger partial charge in [-0.05, 0) is 63.0 Å². The molecule has 0 unspecified atom stereocenters. The van der Waals surface area contributed by atoms with E-state index in [1.165, 1.54) is 58.4 Å². The quantitative estimate of drug-likeness (QED) is 0.179. The van der Waals surface area contributed by atoms with Crippen molar-refractivity contribution < 1.29 is 8.83 Å². The summed E-state index contributed by atoms with van der Waals surface area (Å²) in [4.78, 5) is 0. The Hall–Kier alpha value is -6.16. The van der Waals surface area contributed by atoms with Crippen molar-refractivity contribution in [2.75, 3.05) is 0 Å². The monoisotopic (exact) mass is 642 g/mol. The molecule has 0 fully saturated rings. The van der Waals surface area contributed by atoms with Gasteiger partial charge in [0.15, 0.2) is 0 Å². The Morgan fingerprint density at radius 2 is 0.898 bits per heavy atom. The molecule has 0 saturated carbocycles. The molecular formula is C46H26O2S. The third-order valence-electron chi connectivity index (χ3n) is 10.1. The third-order valence-corrected chi connectivity index (χ3v) is 11.2. The van der Waals surface area contributed by atoms with Crippen LogP contribution in [0.1, 0.15) is 0 Å². The first-order valence-corrected chi connectivity index (χ1v) is 17.4. The Bertz CT molecular complexity index is 3050. The van der Waals surface area contributed by atoms with Gasteiger partial charge in [-0.3, -0.25) is 0 Å². The molecule has 3 heteroatoms. The molecule has 0 saturated heterocycles. The van der Waals surface area contributed by atoms with Crippen LogP contribution in [0.4, 0.5) is 0 Å². The highest BCUT2D eigenvalue weighted by atomic mass is 32.1. The molecule has 0 bridgehead atoms. The second-order valence-electron chi connectivity index (χ2n) is 12.7. The van der Waals surface area contributed by atoms with Crippen LogP contribution in [0.25, 0.3) is 108 Å². The van der Waals surface area contributed by atoms with Gasteiger partial charge in [0.1, 0.15) is 22.5 Å². The lowest BCUT2D eigenvalue weighted by Gasteiger charge is -2.19. The topological polar surface area (TPSA) is 26.3 Å². The van der Waals surface area contributed by atoms with Crippen LogP contribution in [0, 0.1) is 0 Å². The van der Waals surface area contributed by atoms with Gasteiger partial charge >= 0.3 is 0 Å². The van der Waals surface area contributed by atoms with Gasteiger partial charge in [-0.1, -0.05) is 127 Å². The Morgan fingerprint density at radius 3 is 1.63 bits per heavy atom. The highest BCUT2D eigenvalue weighted by molar-refractivity contribution is 7.25. The summed E-state index contributed by atoms with van der Waals surface area (Å²) in [6.45, 7) is 0. The van der Waals surface area contributed by atoms with Crippen molar-refractivity contribution >= 4 is 86.0 Å². The first-order chi connectivity index (χ1) is 24.3. The average molecular weight is 643 g/mol. The molecule has 0 amide bonds. The maximum Gasteiger partial charge on any atom is 0.143 e. The zero-order valence-corrected chi connectivity index (χ0v) is 27.1. The van der Waals surface area contributed by atoms with Crippen molar-refractivity contribution in [3.63, 3.8) is 0 Å². The number of fused-ring (bicyclic) bond motifs is 10. The van der Waals surface area contributed by atoms with Crippen LogP contribution in [0.5, 0.6) is 0 Å². The van der Waals surface area contributed by atoms with E-state index in [1.807, 2.05) is 29.5 Å². The molecule has 228 valence electrons. The molecule has 8 aromatic carbocycles. The van der Waals surface area contributed by atoms with Gasteiger partial charge in [0.05, 0.1) is 0 Å². The van der Waals surface area contributed by atoms with Gasteiger partial charge in [-0.2, -0.15) is 0 Å². The van der Waals surface area contributed by atoms with Crippen molar-refractivity contribution in [2.24, 2.45) is 0 Å². The molecule has 0 N–H and O–H groups in total. The minimum atomic E-state index is 0.847. The average Bonchev–Trinajstić information content (AvgIpc) is 3.85. The lowest BCUT2D eigenvalue weighted by Crippen LogP contribution is -1.92. The second kappa shape index (κ2) is 10.2. The number of benzene rings is 8. The van der Waals surface area contributed by atoms with Crippen LogP contribution in [0.15, 0.2) is 167 Å². The Morgan fingerprint density at radius 1 is 0.327 bits per heavy atom. The zero-order chi connectivity index (χ0) is 32.1. The van der Waals surface area contributed by atoms with E-state index in [9.17, 15) is 0 Å². The van der Waals surface area contributed by atoms with Crippen molar-refractivity contribution in [1.82, 2.24) is 0 Å². The van der Waals surface area contributed by atoms with Crippen LogP contribution >= 0.6 is 11.3 Å². The summed E-state index contributed by atoms with van der Waals surface area (Å²) in [6, 6.07) is 56.3. The highest BCUT2D eigenvalue weighted by Gasteiger charge is 2.27. The van der Waals surface area contributed by atoms with Crippen molar-refractivity contribution in [2.45, 2.75) is 0 Å². The molecular weight excluding hydrogens is 617 g/mol. The third kappa shape index (κ3) is 3.76. The van der Waals surface area contributed by atoms with E-state index >= 15 is 0 Å². The predicted molar refractivity (Wildman–Crippen MR) is 208 cm³/mol. The summed E-state index contributed by atoms with van der Waals surface area (Å²) < 4.78 is 16.0. The molecule has 3 heterocycles. The van der Waals surface area contributed by atoms with Gasteiger partial charge in [0.2, 0.25) is 0 Å². The minimum Gasteiger partial charge on any atom is -0.456 e. The van der Waals surface area contributed by atoms with Crippen LogP contribution in [-0.4, -0.2) is 0 Å². The van der Waals surface area contributed by atoms with E-state index in [0.717, 1.165) is 49.8 Å². The summed E-state index contributed by atoms with van der Waals surface area (Å²) in [6.07, 6.45) is 0. The van der Waals surface area contributed by atoms with Crippen molar-refractivity contribution in [1.29, 1.82) is 0 Å². The molecule has 11 aromatic rings. The fourth-order valence-electron chi connectivity index (χ4n) is 8.11. The van der Waals surface area contributed by atoms with Crippen LogP contribution in [-0.2, 0) is 0 Å². The molecule has 49 heavy (non-hydrogen) atoms. The number of hydrogen-bond acceptors (Lipinski definition) is 3. The standard InChI is InChI=1S/C46H26O2S/c1-2-13-27(14-3-1)46-45(44-37(48-46)26-25-36-43(44)32-19-8-10-22-35(32)47-36)42-30-17-6-4-15-28(30)40(29-16-5-7-18-31(29)42)34-21-12-24-39-41(34)33-20-9-11-23-38(33)49-39/h1-26H. The molecule has 0 aliphatic carbocycles. The summed E-state index contributed by atoms with van der Waals surface area (Å²) in [5.41, 5.74) is 8.41. The van der Waals surface area contributed by atoms with Gasteiger partial charge in [0.25, 0.3) is 0 Å². The fourth-order valence-corrected chi connectivity index (χ4v) is 9.24. The molecule has 0 aliphatic heterocycles. The van der Waals surface area contributed by atoms with E-state index in [2.05, 4.69) is 140 Å². The summed E-state index contributed by atoms with van der Waals surface area (Å²) in [5.74, 6) is 0.863. The second-order valence-corrected chi connectivity index (χ2v) is 13.8. The van der Waals surface area contributed by atoms with Crippen LogP contribution < -0.4 is 0 Å². The van der Waals surface area contributed by atoms with Crippen LogP contribution in [0.3, 0.4) is 0 Å². The number of rotatable bonds is 3. The lowest BCUT2D eigenvalue weighted by molar-refractivity contribution is 0.632. The molecule has 3 aromatic heterocycles. The molecule has 11 rings (SSSR count). The van der Waals surface area contributed by atoms with Crippen molar-refractivity contribution in [3.05, 3.63) is 158 Å². The number of para-hydroxylation sites is 1. The van der Waals surface area contributed by atoms with E-state index in [1.54, 1.807) is 0 Å². The maximum atomic E-state index is 6.93. The maximum absolute atomic E-state index is 6.93. The fraction of sp³-hybridized carbons (Fsp3) is 0. The highest BCUT2D eigenvalue weighted by Crippen LogP contribution is 2.53.